The Morgan fingerprint density at radius 1 is 1.43 bits per heavy atom. The molecule has 2 aromatic rings. The number of carbonyl (C=O) groups is 2. The summed E-state index contributed by atoms with van der Waals surface area (Å²) in [6.07, 6.45) is 3.24. The number of nitrogens with zero attached hydrogens (tertiary/aromatic N) is 4. The molecule has 1 aromatic heterocycles. The van der Waals surface area contributed by atoms with Gasteiger partial charge in [0.15, 0.2) is 0 Å². The van der Waals surface area contributed by atoms with Crippen LogP contribution in [-0.2, 0) is 16.1 Å². The molecule has 0 spiro atoms. The number of aromatic nitrogens is 3. The Labute approximate surface area is 138 Å². The molecule has 1 fully saturated rings. The molecule has 7 nitrogen and oxygen atoms in total. The number of carbonyl (C=O) groups excluding carboxylic acids is 2. The summed E-state index contributed by atoms with van der Waals surface area (Å²) in [4.78, 5) is 29.8. The first-order valence-electron chi connectivity index (χ1n) is 7.29. The van der Waals surface area contributed by atoms with Gasteiger partial charge < -0.3 is 10.2 Å². The van der Waals surface area contributed by atoms with Crippen LogP contribution >= 0.6 is 11.6 Å². The maximum atomic E-state index is 12.2. The third kappa shape index (κ3) is 3.68. The zero-order valence-electron chi connectivity index (χ0n) is 12.4. The van der Waals surface area contributed by atoms with Gasteiger partial charge in [0.25, 0.3) is 0 Å². The van der Waals surface area contributed by atoms with Crippen LogP contribution in [0.2, 0.25) is 5.02 Å². The molecule has 1 saturated heterocycles. The molecule has 120 valence electrons. The van der Waals surface area contributed by atoms with Gasteiger partial charge in [-0.3, -0.25) is 14.3 Å². The molecule has 8 heteroatoms. The van der Waals surface area contributed by atoms with Gasteiger partial charge in [0.2, 0.25) is 11.8 Å². The van der Waals surface area contributed by atoms with Gasteiger partial charge in [-0.15, -0.1) is 0 Å². The highest BCUT2D eigenvalue weighted by Gasteiger charge is 2.34. The van der Waals surface area contributed by atoms with Crippen LogP contribution in [-0.4, -0.2) is 39.7 Å². The van der Waals surface area contributed by atoms with E-state index in [1.54, 1.807) is 34.1 Å². The van der Waals surface area contributed by atoms with Gasteiger partial charge in [-0.25, -0.2) is 4.98 Å². The molecule has 0 bridgehead atoms. The second-order valence-electron chi connectivity index (χ2n) is 5.33. The Morgan fingerprint density at radius 2 is 2.30 bits per heavy atom. The summed E-state index contributed by atoms with van der Waals surface area (Å²) in [6, 6.07) is 7.08. The highest BCUT2D eigenvalue weighted by molar-refractivity contribution is 6.30. The minimum absolute atomic E-state index is 0.0660. The molecule has 1 aromatic carbocycles. The van der Waals surface area contributed by atoms with E-state index in [2.05, 4.69) is 15.4 Å². The molecule has 3 rings (SSSR count). The minimum atomic E-state index is -0.350. The monoisotopic (exact) mass is 333 g/mol. The van der Waals surface area contributed by atoms with Crippen molar-refractivity contribution in [2.75, 3.05) is 18.0 Å². The van der Waals surface area contributed by atoms with E-state index in [1.165, 1.54) is 6.33 Å². The first kappa shape index (κ1) is 15.5. The summed E-state index contributed by atoms with van der Waals surface area (Å²) in [5, 5.41) is 7.36. The van der Waals surface area contributed by atoms with Crippen LogP contribution in [0.1, 0.15) is 6.42 Å². The fourth-order valence-corrected chi connectivity index (χ4v) is 2.75. The predicted octanol–water partition coefficient (Wildman–Crippen LogP) is 1.10. The number of benzene rings is 1. The Morgan fingerprint density at radius 3 is 3.04 bits per heavy atom. The summed E-state index contributed by atoms with van der Waals surface area (Å²) in [5.41, 5.74) is 0.723. The topological polar surface area (TPSA) is 80.1 Å². The van der Waals surface area contributed by atoms with E-state index in [-0.39, 0.29) is 24.2 Å². The van der Waals surface area contributed by atoms with Crippen LogP contribution in [0.4, 0.5) is 5.69 Å². The smallest absolute Gasteiger partial charge is 0.227 e. The summed E-state index contributed by atoms with van der Waals surface area (Å²) in [7, 11) is 0. The van der Waals surface area contributed by atoms with E-state index in [0.29, 0.717) is 24.7 Å². The normalized spacial score (nSPS) is 17.5. The standard InChI is InChI=1S/C15H16ClN5O2/c16-12-2-1-3-13(7-12)21-8-11(6-14(21)22)15(23)18-4-5-20-10-17-9-19-20/h1-3,7,9-11H,4-6,8H2,(H,18,23). The second-order valence-corrected chi connectivity index (χ2v) is 5.77. The van der Waals surface area contributed by atoms with Crippen LogP contribution in [0, 0.1) is 5.92 Å². The average Bonchev–Trinajstić information content (AvgIpc) is 3.16. The van der Waals surface area contributed by atoms with Crippen molar-refractivity contribution < 1.29 is 9.59 Å². The van der Waals surface area contributed by atoms with E-state index >= 15 is 0 Å². The summed E-state index contributed by atoms with van der Waals surface area (Å²) < 4.78 is 1.64. The molecule has 1 aliphatic heterocycles. The molecule has 0 aliphatic carbocycles. The molecule has 0 radical (unpaired) electrons. The average molecular weight is 334 g/mol. The van der Waals surface area contributed by atoms with E-state index in [9.17, 15) is 9.59 Å². The number of nitrogens with one attached hydrogen (secondary N) is 1. The van der Waals surface area contributed by atoms with Crippen LogP contribution in [0.15, 0.2) is 36.9 Å². The summed E-state index contributed by atoms with van der Waals surface area (Å²) in [6.45, 7) is 1.36. The number of rotatable bonds is 5. The van der Waals surface area contributed by atoms with Crippen molar-refractivity contribution in [1.29, 1.82) is 0 Å². The Balaban J connectivity index is 1.55. The highest BCUT2D eigenvalue weighted by atomic mass is 35.5. The fraction of sp³-hybridized carbons (Fsp3) is 0.333. The van der Waals surface area contributed by atoms with Crippen molar-refractivity contribution in [3.63, 3.8) is 0 Å². The molecule has 1 unspecified atom stereocenters. The van der Waals surface area contributed by atoms with Gasteiger partial charge in [-0.2, -0.15) is 5.10 Å². The molecule has 23 heavy (non-hydrogen) atoms. The van der Waals surface area contributed by atoms with Crippen LogP contribution in [0.5, 0.6) is 0 Å². The highest BCUT2D eigenvalue weighted by Crippen LogP contribution is 2.27. The van der Waals surface area contributed by atoms with Crippen molar-refractivity contribution in [3.8, 4) is 0 Å². The van der Waals surface area contributed by atoms with Crippen LogP contribution < -0.4 is 10.2 Å². The van der Waals surface area contributed by atoms with Crippen molar-refractivity contribution >= 4 is 29.1 Å². The minimum Gasteiger partial charge on any atom is -0.354 e. The van der Waals surface area contributed by atoms with E-state index in [1.807, 2.05) is 6.07 Å². The maximum absolute atomic E-state index is 12.2. The third-order valence-electron chi connectivity index (χ3n) is 3.72. The third-order valence-corrected chi connectivity index (χ3v) is 3.96. The van der Waals surface area contributed by atoms with Gasteiger partial charge in [0, 0.05) is 30.2 Å². The van der Waals surface area contributed by atoms with E-state index in [4.69, 9.17) is 11.6 Å². The lowest BCUT2D eigenvalue weighted by molar-refractivity contribution is -0.126. The molecule has 2 amide bonds. The molecule has 2 heterocycles. The molecule has 1 aliphatic rings. The van der Waals surface area contributed by atoms with Gasteiger partial charge in [-0.1, -0.05) is 17.7 Å². The fourth-order valence-electron chi connectivity index (χ4n) is 2.56. The molecular weight excluding hydrogens is 318 g/mol. The number of hydrogen-bond acceptors (Lipinski definition) is 4. The lowest BCUT2D eigenvalue weighted by Crippen LogP contribution is -2.34. The Hall–Kier alpha value is -2.41. The van der Waals surface area contributed by atoms with E-state index in [0.717, 1.165) is 5.69 Å². The van der Waals surface area contributed by atoms with Crippen LogP contribution in [0.25, 0.3) is 0 Å². The maximum Gasteiger partial charge on any atom is 0.227 e. The van der Waals surface area contributed by atoms with Crippen molar-refractivity contribution in [1.82, 2.24) is 20.1 Å². The first-order valence-corrected chi connectivity index (χ1v) is 7.67. The lowest BCUT2D eigenvalue weighted by Gasteiger charge is -2.17. The molecule has 1 atom stereocenters. The Bertz CT molecular complexity index is 704. The Kier molecular flexibility index (Phi) is 4.57. The van der Waals surface area contributed by atoms with Gasteiger partial charge in [0.05, 0.1) is 12.5 Å². The molecule has 1 N–H and O–H groups in total. The summed E-state index contributed by atoms with van der Waals surface area (Å²) >= 11 is 5.96. The number of amides is 2. The second kappa shape index (κ2) is 6.78. The number of halogens is 1. The number of anilines is 1. The number of hydrogen-bond donors (Lipinski definition) is 1. The SMILES string of the molecule is O=C(NCCn1cncn1)C1CC(=O)N(c2cccc(Cl)c2)C1. The molecule has 0 saturated carbocycles. The van der Waals surface area contributed by atoms with Gasteiger partial charge in [0.1, 0.15) is 12.7 Å². The van der Waals surface area contributed by atoms with Gasteiger partial charge in [-0.05, 0) is 18.2 Å². The predicted molar refractivity (Wildman–Crippen MR) is 84.9 cm³/mol. The largest absolute Gasteiger partial charge is 0.354 e. The van der Waals surface area contributed by atoms with Crippen LogP contribution in [0.3, 0.4) is 0 Å². The van der Waals surface area contributed by atoms with Gasteiger partial charge >= 0.3 is 0 Å². The quantitative estimate of drug-likeness (QED) is 0.888. The zero-order chi connectivity index (χ0) is 16.2. The van der Waals surface area contributed by atoms with E-state index < -0.39 is 0 Å². The van der Waals surface area contributed by atoms with Crippen molar-refractivity contribution in [2.24, 2.45) is 5.92 Å². The van der Waals surface area contributed by atoms with Crippen molar-refractivity contribution in [2.45, 2.75) is 13.0 Å². The molecular formula is C15H16ClN5O2. The summed E-state index contributed by atoms with van der Waals surface area (Å²) in [5.74, 6) is -0.538. The van der Waals surface area contributed by atoms with Crippen molar-refractivity contribution in [3.05, 3.63) is 41.9 Å². The lowest BCUT2D eigenvalue weighted by atomic mass is 10.1. The first-order chi connectivity index (χ1) is 11.1. The zero-order valence-corrected chi connectivity index (χ0v) is 13.1.